The molecule has 3 aromatic heterocycles. The smallest absolute Gasteiger partial charge is 0.178 e. The van der Waals surface area contributed by atoms with Gasteiger partial charge >= 0.3 is 0 Å². The maximum absolute atomic E-state index is 4.83. The average Bonchev–Trinajstić information content (AvgIpc) is 3.23. The van der Waals surface area contributed by atoms with E-state index >= 15 is 0 Å². The molecule has 4 rings (SSSR count). The Hall–Kier alpha value is -2.44. The van der Waals surface area contributed by atoms with Crippen molar-refractivity contribution in [2.24, 2.45) is 0 Å². The first kappa shape index (κ1) is 15.1. The molecule has 0 saturated carbocycles. The fourth-order valence-electron chi connectivity index (χ4n) is 3.35. The molecule has 3 aromatic rings. The Morgan fingerprint density at radius 3 is 2.79 bits per heavy atom. The monoisotopic (exact) mass is 325 g/mol. The maximum Gasteiger partial charge on any atom is 0.178 e. The van der Waals surface area contributed by atoms with E-state index in [-0.39, 0.29) is 5.41 Å². The van der Waals surface area contributed by atoms with E-state index in [9.17, 15) is 0 Å². The minimum atomic E-state index is -0.0919. The first-order chi connectivity index (χ1) is 11.5. The van der Waals surface area contributed by atoms with E-state index in [1.165, 1.54) is 12.1 Å². The second kappa shape index (κ2) is 5.58. The Bertz CT molecular complexity index is 828. The van der Waals surface area contributed by atoms with Gasteiger partial charge in [-0.3, -0.25) is 5.10 Å². The SMILES string of the molecule is CC(C)(C)c1nnc2ccc(N3CCCC(c4ccn[nH]4)C3)nn12. The Morgan fingerprint density at radius 1 is 1.17 bits per heavy atom. The molecule has 1 aliphatic rings. The number of rotatable bonds is 2. The number of nitrogens with zero attached hydrogens (tertiary/aromatic N) is 6. The molecular formula is C17H23N7. The number of anilines is 1. The summed E-state index contributed by atoms with van der Waals surface area (Å²) in [7, 11) is 0. The fourth-order valence-corrected chi connectivity index (χ4v) is 3.35. The second-order valence-corrected chi connectivity index (χ2v) is 7.53. The molecule has 1 saturated heterocycles. The van der Waals surface area contributed by atoms with Gasteiger partial charge in [0.25, 0.3) is 0 Å². The van der Waals surface area contributed by atoms with Crippen molar-refractivity contribution in [2.75, 3.05) is 18.0 Å². The predicted octanol–water partition coefficient (Wildman–Crippen LogP) is 2.53. The number of hydrogen-bond acceptors (Lipinski definition) is 5. The van der Waals surface area contributed by atoms with Crippen molar-refractivity contribution in [3.63, 3.8) is 0 Å². The van der Waals surface area contributed by atoms with Gasteiger partial charge in [0.2, 0.25) is 0 Å². The van der Waals surface area contributed by atoms with E-state index in [2.05, 4.69) is 52.1 Å². The number of fused-ring (bicyclic) bond motifs is 1. The van der Waals surface area contributed by atoms with Crippen molar-refractivity contribution < 1.29 is 0 Å². The van der Waals surface area contributed by atoms with Gasteiger partial charge in [0, 0.05) is 36.3 Å². The summed E-state index contributed by atoms with van der Waals surface area (Å²) in [6.45, 7) is 8.37. The van der Waals surface area contributed by atoms with Crippen molar-refractivity contribution in [3.8, 4) is 0 Å². The minimum Gasteiger partial charge on any atom is -0.355 e. The van der Waals surface area contributed by atoms with Crippen LogP contribution in [0.25, 0.3) is 5.65 Å². The molecule has 0 aliphatic carbocycles. The molecule has 1 N–H and O–H groups in total. The fraction of sp³-hybridized carbons (Fsp3) is 0.529. The molecule has 1 fully saturated rings. The zero-order valence-electron chi connectivity index (χ0n) is 14.4. The quantitative estimate of drug-likeness (QED) is 0.783. The maximum atomic E-state index is 4.83. The van der Waals surface area contributed by atoms with Crippen LogP contribution in [-0.2, 0) is 5.41 Å². The van der Waals surface area contributed by atoms with Crippen molar-refractivity contribution in [2.45, 2.75) is 44.9 Å². The van der Waals surface area contributed by atoms with Crippen LogP contribution in [0.4, 0.5) is 5.82 Å². The van der Waals surface area contributed by atoms with Gasteiger partial charge in [-0.15, -0.1) is 15.3 Å². The Labute approximate surface area is 141 Å². The summed E-state index contributed by atoms with van der Waals surface area (Å²) in [5.74, 6) is 2.35. The van der Waals surface area contributed by atoms with Crippen molar-refractivity contribution in [1.29, 1.82) is 0 Å². The zero-order chi connectivity index (χ0) is 16.7. The summed E-state index contributed by atoms with van der Waals surface area (Å²) in [4.78, 5) is 2.35. The van der Waals surface area contributed by atoms with Crippen LogP contribution in [0.15, 0.2) is 24.4 Å². The molecule has 0 spiro atoms. The second-order valence-electron chi connectivity index (χ2n) is 7.53. The van der Waals surface area contributed by atoms with Crippen LogP contribution < -0.4 is 4.90 Å². The number of aromatic nitrogens is 6. The highest BCUT2D eigenvalue weighted by Crippen LogP contribution is 2.28. The molecule has 0 radical (unpaired) electrons. The number of H-pyrrole nitrogens is 1. The summed E-state index contributed by atoms with van der Waals surface area (Å²) in [6, 6.07) is 6.12. The lowest BCUT2D eigenvalue weighted by atomic mass is 9.95. The van der Waals surface area contributed by atoms with E-state index < -0.39 is 0 Å². The Kier molecular flexibility index (Phi) is 3.51. The van der Waals surface area contributed by atoms with Gasteiger partial charge in [-0.2, -0.15) is 9.61 Å². The Morgan fingerprint density at radius 2 is 2.04 bits per heavy atom. The molecular weight excluding hydrogens is 302 g/mol. The molecule has 7 heteroatoms. The minimum absolute atomic E-state index is 0.0919. The molecule has 0 bridgehead atoms. The van der Waals surface area contributed by atoms with Gasteiger partial charge < -0.3 is 4.90 Å². The largest absolute Gasteiger partial charge is 0.355 e. The standard InChI is InChI=1S/C17H23N7/c1-17(2,3)16-21-20-14-6-7-15(22-24(14)16)23-10-4-5-12(11-23)13-8-9-18-19-13/h6-9,12H,4-5,10-11H2,1-3H3,(H,18,19). The molecule has 1 aliphatic heterocycles. The van der Waals surface area contributed by atoms with Gasteiger partial charge in [-0.1, -0.05) is 20.8 Å². The van der Waals surface area contributed by atoms with E-state index in [1.807, 2.05) is 22.8 Å². The molecule has 4 heterocycles. The summed E-state index contributed by atoms with van der Waals surface area (Å²) < 4.78 is 1.88. The van der Waals surface area contributed by atoms with Crippen LogP contribution in [0.2, 0.25) is 0 Å². The first-order valence-electron chi connectivity index (χ1n) is 8.49. The van der Waals surface area contributed by atoms with Crippen LogP contribution in [-0.4, -0.2) is 43.1 Å². The number of nitrogens with one attached hydrogen (secondary N) is 1. The molecule has 0 aromatic carbocycles. The molecule has 126 valence electrons. The highest BCUT2D eigenvalue weighted by Gasteiger charge is 2.25. The third-order valence-electron chi connectivity index (χ3n) is 4.63. The zero-order valence-corrected chi connectivity index (χ0v) is 14.4. The Balaban J connectivity index is 1.66. The van der Waals surface area contributed by atoms with Gasteiger partial charge in [0.15, 0.2) is 11.5 Å². The van der Waals surface area contributed by atoms with Gasteiger partial charge in [-0.05, 0) is 31.0 Å². The lowest BCUT2D eigenvalue weighted by Crippen LogP contribution is -2.35. The van der Waals surface area contributed by atoms with Gasteiger partial charge in [0.1, 0.15) is 5.82 Å². The molecule has 7 nitrogen and oxygen atoms in total. The third kappa shape index (κ3) is 2.64. The molecule has 1 atom stereocenters. The summed E-state index contributed by atoms with van der Waals surface area (Å²) in [6.07, 6.45) is 4.16. The number of aromatic amines is 1. The van der Waals surface area contributed by atoms with E-state index in [4.69, 9.17) is 5.10 Å². The van der Waals surface area contributed by atoms with Gasteiger partial charge in [-0.25, -0.2) is 0 Å². The normalized spacial score (nSPS) is 19.1. The van der Waals surface area contributed by atoms with Crippen LogP contribution in [0.1, 0.15) is 51.0 Å². The van der Waals surface area contributed by atoms with Crippen molar-refractivity contribution >= 4 is 11.5 Å². The molecule has 24 heavy (non-hydrogen) atoms. The molecule has 1 unspecified atom stereocenters. The van der Waals surface area contributed by atoms with E-state index in [0.29, 0.717) is 5.92 Å². The van der Waals surface area contributed by atoms with Crippen LogP contribution in [0.3, 0.4) is 0 Å². The topological polar surface area (TPSA) is 75.0 Å². The predicted molar refractivity (Wildman–Crippen MR) is 92.3 cm³/mol. The summed E-state index contributed by atoms with van der Waals surface area (Å²) in [5, 5.41) is 20.6. The third-order valence-corrected chi connectivity index (χ3v) is 4.63. The number of hydrogen-bond donors (Lipinski definition) is 1. The van der Waals surface area contributed by atoms with Gasteiger partial charge in [0.05, 0.1) is 0 Å². The average molecular weight is 325 g/mol. The van der Waals surface area contributed by atoms with E-state index in [0.717, 1.165) is 36.8 Å². The van der Waals surface area contributed by atoms with Crippen LogP contribution in [0.5, 0.6) is 0 Å². The summed E-state index contributed by atoms with van der Waals surface area (Å²) >= 11 is 0. The van der Waals surface area contributed by atoms with Crippen molar-refractivity contribution in [1.82, 2.24) is 30.0 Å². The number of piperidine rings is 1. The highest BCUT2D eigenvalue weighted by atomic mass is 15.4. The van der Waals surface area contributed by atoms with Crippen LogP contribution >= 0.6 is 0 Å². The highest BCUT2D eigenvalue weighted by molar-refractivity contribution is 5.47. The summed E-state index contributed by atoms with van der Waals surface area (Å²) in [5.41, 5.74) is 1.91. The van der Waals surface area contributed by atoms with E-state index in [1.54, 1.807) is 0 Å². The van der Waals surface area contributed by atoms with Crippen LogP contribution in [0, 0.1) is 0 Å². The molecule has 0 amide bonds. The lowest BCUT2D eigenvalue weighted by molar-refractivity contribution is 0.492. The van der Waals surface area contributed by atoms with Crippen molar-refractivity contribution in [3.05, 3.63) is 35.9 Å². The lowest BCUT2D eigenvalue weighted by Gasteiger charge is -2.33. The first-order valence-corrected chi connectivity index (χ1v) is 8.49.